The van der Waals surface area contributed by atoms with Gasteiger partial charge >= 0.3 is 5.97 Å². The van der Waals surface area contributed by atoms with E-state index >= 15 is 0 Å². The van der Waals surface area contributed by atoms with E-state index in [9.17, 15) is 4.79 Å². The fourth-order valence-electron chi connectivity index (χ4n) is 1.60. The van der Waals surface area contributed by atoms with Crippen LogP contribution >= 0.6 is 11.3 Å². The SMILES string of the molecule is CC(C)N(CC(=O)O)Cc1nc(-c2ccsc2)no1. The van der Waals surface area contributed by atoms with Crippen LogP contribution in [0.5, 0.6) is 0 Å². The van der Waals surface area contributed by atoms with Gasteiger partial charge in [-0.15, -0.1) is 0 Å². The third-order valence-electron chi connectivity index (χ3n) is 2.65. The standard InChI is InChI=1S/C12H15N3O3S/c1-8(2)15(6-11(16)17)5-10-13-12(14-18-10)9-3-4-19-7-9/h3-4,7-8H,5-6H2,1-2H3,(H,16,17). The van der Waals surface area contributed by atoms with Gasteiger partial charge in [-0.3, -0.25) is 9.69 Å². The summed E-state index contributed by atoms with van der Waals surface area (Å²) >= 11 is 1.56. The second kappa shape index (κ2) is 5.94. The Kier molecular flexibility index (Phi) is 4.28. The number of nitrogens with zero attached hydrogens (tertiary/aromatic N) is 3. The molecule has 0 atom stereocenters. The van der Waals surface area contributed by atoms with Crippen LogP contribution in [0.1, 0.15) is 19.7 Å². The summed E-state index contributed by atoms with van der Waals surface area (Å²) in [6.07, 6.45) is 0. The molecule has 2 heterocycles. The highest BCUT2D eigenvalue weighted by Gasteiger charge is 2.18. The Morgan fingerprint density at radius 1 is 1.58 bits per heavy atom. The number of hydrogen-bond donors (Lipinski definition) is 1. The van der Waals surface area contributed by atoms with Gasteiger partial charge in [0.2, 0.25) is 11.7 Å². The van der Waals surface area contributed by atoms with E-state index in [0.717, 1.165) is 5.56 Å². The minimum absolute atomic E-state index is 0.0478. The Hall–Kier alpha value is -1.73. The second-order valence-corrected chi connectivity index (χ2v) is 5.20. The van der Waals surface area contributed by atoms with Crippen LogP contribution in [0.15, 0.2) is 21.3 Å². The summed E-state index contributed by atoms with van der Waals surface area (Å²) in [4.78, 5) is 16.8. The third kappa shape index (κ3) is 3.62. The van der Waals surface area contributed by atoms with Crippen LogP contribution in [0, 0.1) is 0 Å². The molecule has 19 heavy (non-hydrogen) atoms. The Labute approximate surface area is 114 Å². The zero-order chi connectivity index (χ0) is 13.8. The molecule has 2 rings (SSSR count). The van der Waals surface area contributed by atoms with Crippen LogP contribution in [0.25, 0.3) is 11.4 Å². The first-order chi connectivity index (χ1) is 9.06. The van der Waals surface area contributed by atoms with Crippen molar-refractivity contribution in [1.82, 2.24) is 15.0 Å². The maximum atomic E-state index is 10.8. The van der Waals surface area contributed by atoms with Gasteiger partial charge in [-0.05, 0) is 25.3 Å². The Bertz CT molecular complexity index is 536. The van der Waals surface area contributed by atoms with Gasteiger partial charge in [-0.1, -0.05) is 5.16 Å². The summed E-state index contributed by atoms with van der Waals surface area (Å²) < 4.78 is 5.16. The second-order valence-electron chi connectivity index (χ2n) is 4.42. The van der Waals surface area contributed by atoms with Crippen molar-refractivity contribution in [2.45, 2.75) is 26.4 Å². The Morgan fingerprint density at radius 3 is 2.95 bits per heavy atom. The quantitative estimate of drug-likeness (QED) is 0.873. The molecule has 7 heteroatoms. The van der Waals surface area contributed by atoms with Crippen LogP contribution in [0.4, 0.5) is 0 Å². The molecule has 0 saturated heterocycles. The summed E-state index contributed by atoms with van der Waals surface area (Å²) in [5.41, 5.74) is 0.911. The Morgan fingerprint density at radius 2 is 2.37 bits per heavy atom. The molecule has 0 bridgehead atoms. The summed E-state index contributed by atoms with van der Waals surface area (Å²) in [6.45, 7) is 4.15. The lowest BCUT2D eigenvalue weighted by molar-refractivity contribution is -0.139. The molecule has 0 radical (unpaired) electrons. The molecule has 1 N–H and O–H groups in total. The lowest BCUT2D eigenvalue weighted by Gasteiger charge is -2.22. The lowest BCUT2D eigenvalue weighted by Crippen LogP contribution is -2.35. The van der Waals surface area contributed by atoms with Gasteiger partial charge in [0, 0.05) is 17.0 Å². The summed E-state index contributed by atoms with van der Waals surface area (Å²) in [7, 11) is 0. The highest BCUT2D eigenvalue weighted by atomic mass is 32.1. The normalized spacial score (nSPS) is 11.4. The number of carboxylic acids is 1. The maximum absolute atomic E-state index is 10.8. The number of thiophene rings is 1. The molecule has 0 aliphatic carbocycles. The van der Waals surface area contributed by atoms with Gasteiger partial charge in [-0.25, -0.2) is 0 Å². The van der Waals surface area contributed by atoms with Crippen molar-refractivity contribution in [3.05, 3.63) is 22.7 Å². The lowest BCUT2D eigenvalue weighted by atomic mass is 10.3. The van der Waals surface area contributed by atoms with Crippen LogP contribution in [0.2, 0.25) is 0 Å². The molecule has 2 aromatic rings. The van der Waals surface area contributed by atoms with E-state index in [0.29, 0.717) is 18.3 Å². The molecule has 0 aromatic carbocycles. The molecule has 0 amide bonds. The smallest absolute Gasteiger partial charge is 0.317 e. The fourth-order valence-corrected chi connectivity index (χ4v) is 2.23. The first-order valence-corrected chi connectivity index (χ1v) is 6.81. The number of carboxylic acid groups (broad SMARTS) is 1. The van der Waals surface area contributed by atoms with E-state index in [1.165, 1.54) is 0 Å². The molecular formula is C12H15N3O3S. The van der Waals surface area contributed by atoms with Crippen molar-refractivity contribution in [3.63, 3.8) is 0 Å². The van der Waals surface area contributed by atoms with Gasteiger partial charge in [-0.2, -0.15) is 16.3 Å². The van der Waals surface area contributed by atoms with Gasteiger partial charge in [0.15, 0.2) is 0 Å². The molecule has 0 fully saturated rings. The number of hydrogen-bond acceptors (Lipinski definition) is 6. The largest absolute Gasteiger partial charge is 0.480 e. The van der Waals surface area contributed by atoms with Gasteiger partial charge in [0.25, 0.3) is 0 Å². The summed E-state index contributed by atoms with van der Waals surface area (Å²) in [5, 5.41) is 16.6. The van der Waals surface area contributed by atoms with Crippen LogP contribution in [-0.2, 0) is 11.3 Å². The van der Waals surface area contributed by atoms with Crippen molar-refractivity contribution in [2.75, 3.05) is 6.54 Å². The van der Waals surface area contributed by atoms with E-state index in [4.69, 9.17) is 9.63 Å². The summed E-state index contributed by atoms with van der Waals surface area (Å²) in [5.74, 6) is 0.0951. The monoisotopic (exact) mass is 281 g/mol. The molecule has 0 aliphatic rings. The third-order valence-corrected chi connectivity index (χ3v) is 3.34. The molecule has 0 aliphatic heterocycles. The van der Waals surface area contributed by atoms with E-state index in [1.807, 2.05) is 30.7 Å². The van der Waals surface area contributed by atoms with E-state index in [2.05, 4.69) is 10.1 Å². The first kappa shape index (κ1) is 13.7. The highest BCUT2D eigenvalue weighted by Crippen LogP contribution is 2.19. The van der Waals surface area contributed by atoms with E-state index in [1.54, 1.807) is 16.2 Å². The highest BCUT2D eigenvalue weighted by molar-refractivity contribution is 7.08. The average Bonchev–Trinajstić information content (AvgIpc) is 2.97. The minimum Gasteiger partial charge on any atom is -0.480 e. The fraction of sp³-hybridized carbons (Fsp3) is 0.417. The number of carbonyl (C=O) groups is 1. The number of aliphatic carboxylic acids is 1. The average molecular weight is 281 g/mol. The minimum atomic E-state index is -0.869. The van der Waals surface area contributed by atoms with Crippen molar-refractivity contribution in [1.29, 1.82) is 0 Å². The van der Waals surface area contributed by atoms with Crippen LogP contribution in [0.3, 0.4) is 0 Å². The predicted molar refractivity (Wildman–Crippen MR) is 70.8 cm³/mol. The maximum Gasteiger partial charge on any atom is 0.317 e. The van der Waals surface area contributed by atoms with Crippen LogP contribution < -0.4 is 0 Å². The van der Waals surface area contributed by atoms with Crippen molar-refractivity contribution < 1.29 is 14.4 Å². The molecule has 0 unspecified atom stereocenters. The molecule has 2 aromatic heterocycles. The van der Waals surface area contributed by atoms with Gasteiger partial charge < -0.3 is 9.63 Å². The molecule has 6 nitrogen and oxygen atoms in total. The van der Waals surface area contributed by atoms with Crippen molar-refractivity contribution in [2.24, 2.45) is 0 Å². The molecule has 0 spiro atoms. The summed E-state index contributed by atoms with van der Waals surface area (Å²) in [6, 6.07) is 2.00. The number of aromatic nitrogens is 2. The van der Waals surface area contributed by atoms with Gasteiger partial charge in [0.05, 0.1) is 13.1 Å². The molecule has 102 valence electrons. The number of rotatable bonds is 6. The Balaban J connectivity index is 2.08. The molecule has 0 saturated carbocycles. The van der Waals surface area contributed by atoms with E-state index in [-0.39, 0.29) is 12.6 Å². The van der Waals surface area contributed by atoms with Crippen molar-refractivity contribution in [3.8, 4) is 11.4 Å². The van der Waals surface area contributed by atoms with Crippen LogP contribution in [-0.4, -0.2) is 38.7 Å². The van der Waals surface area contributed by atoms with Gasteiger partial charge in [0.1, 0.15) is 0 Å². The topological polar surface area (TPSA) is 79.5 Å². The zero-order valence-corrected chi connectivity index (χ0v) is 11.6. The predicted octanol–water partition coefficient (Wildman–Crippen LogP) is 2.09. The first-order valence-electron chi connectivity index (χ1n) is 5.87. The van der Waals surface area contributed by atoms with E-state index < -0.39 is 5.97 Å². The molecular weight excluding hydrogens is 266 g/mol. The zero-order valence-electron chi connectivity index (χ0n) is 10.7. The van der Waals surface area contributed by atoms with Crippen molar-refractivity contribution >= 4 is 17.3 Å².